The molecule has 0 amide bonds. The molecule has 0 aliphatic heterocycles. The second kappa shape index (κ2) is 3.78. The van der Waals surface area contributed by atoms with E-state index in [1.807, 2.05) is 31.2 Å². The molecule has 0 spiro atoms. The van der Waals surface area contributed by atoms with Crippen LogP contribution in [0.2, 0.25) is 0 Å². The molecule has 1 aliphatic rings. The summed E-state index contributed by atoms with van der Waals surface area (Å²) < 4.78 is 4.92. The van der Waals surface area contributed by atoms with Gasteiger partial charge in [-0.3, -0.25) is 4.79 Å². The number of rotatable bonds is 3. The highest BCUT2D eigenvalue weighted by Gasteiger charge is 2.60. The molecule has 0 aromatic heterocycles. The van der Waals surface area contributed by atoms with Gasteiger partial charge < -0.3 is 4.74 Å². The fourth-order valence-electron chi connectivity index (χ4n) is 2.36. The summed E-state index contributed by atoms with van der Waals surface area (Å²) in [6.45, 7) is 5.80. The van der Waals surface area contributed by atoms with E-state index in [2.05, 4.69) is 12.6 Å². The average molecular weight is 216 g/mol. The summed E-state index contributed by atoms with van der Waals surface area (Å²) in [5.41, 5.74) is 1.74. The summed E-state index contributed by atoms with van der Waals surface area (Å²) in [5.74, 6) is 0.0600. The van der Waals surface area contributed by atoms with Crippen LogP contribution in [0.25, 0.3) is 0 Å². The van der Waals surface area contributed by atoms with Gasteiger partial charge in [0.25, 0.3) is 0 Å². The molecule has 1 aliphatic carbocycles. The van der Waals surface area contributed by atoms with Gasteiger partial charge in [-0.05, 0) is 24.8 Å². The van der Waals surface area contributed by atoms with Gasteiger partial charge in [-0.2, -0.15) is 0 Å². The Hall–Kier alpha value is -1.57. The second-order valence-corrected chi connectivity index (χ2v) is 4.38. The van der Waals surface area contributed by atoms with Crippen molar-refractivity contribution in [1.82, 2.24) is 0 Å². The smallest absolute Gasteiger partial charge is 0.316 e. The number of ether oxygens (including phenoxy) is 1. The molecule has 2 atom stereocenters. The first kappa shape index (κ1) is 10.9. The normalized spacial score (nSPS) is 27.2. The van der Waals surface area contributed by atoms with E-state index in [0.29, 0.717) is 0 Å². The Kier molecular flexibility index (Phi) is 2.58. The van der Waals surface area contributed by atoms with E-state index in [4.69, 9.17) is 4.74 Å². The lowest BCUT2D eigenvalue weighted by Gasteiger charge is -2.15. The Bertz CT molecular complexity index is 436. The molecule has 0 radical (unpaired) electrons. The summed E-state index contributed by atoms with van der Waals surface area (Å²) in [4.78, 5) is 11.9. The molecule has 0 saturated heterocycles. The summed E-state index contributed by atoms with van der Waals surface area (Å²) in [6, 6.07) is 8.06. The molecule has 2 rings (SSSR count). The SMILES string of the molecule is C=C[C@H]1C[C@]1(C(=O)OC)c1cccc(C)c1. The Morgan fingerprint density at radius 3 is 2.88 bits per heavy atom. The maximum atomic E-state index is 11.9. The highest BCUT2D eigenvalue weighted by Crippen LogP contribution is 2.55. The van der Waals surface area contributed by atoms with Crippen LogP contribution in [-0.2, 0) is 14.9 Å². The lowest BCUT2D eigenvalue weighted by atomic mass is 9.92. The maximum absolute atomic E-state index is 11.9. The Morgan fingerprint density at radius 2 is 2.38 bits per heavy atom. The molecule has 2 heteroatoms. The molecule has 0 N–H and O–H groups in total. The molecule has 1 fully saturated rings. The van der Waals surface area contributed by atoms with Crippen LogP contribution in [0.3, 0.4) is 0 Å². The zero-order valence-electron chi connectivity index (χ0n) is 9.69. The molecule has 1 aromatic rings. The second-order valence-electron chi connectivity index (χ2n) is 4.38. The van der Waals surface area contributed by atoms with Crippen molar-refractivity contribution < 1.29 is 9.53 Å². The van der Waals surface area contributed by atoms with Crippen LogP contribution in [0, 0.1) is 12.8 Å². The van der Waals surface area contributed by atoms with Crippen molar-refractivity contribution in [2.75, 3.05) is 7.11 Å². The van der Waals surface area contributed by atoms with Crippen LogP contribution >= 0.6 is 0 Å². The minimum atomic E-state index is -0.470. The topological polar surface area (TPSA) is 26.3 Å². The van der Waals surface area contributed by atoms with Crippen molar-refractivity contribution in [3.63, 3.8) is 0 Å². The minimum absolute atomic E-state index is 0.150. The number of carbonyl (C=O) groups excluding carboxylic acids is 1. The predicted octanol–water partition coefficient (Wildman–Crippen LogP) is 2.61. The van der Waals surface area contributed by atoms with Crippen molar-refractivity contribution >= 4 is 5.97 Å². The van der Waals surface area contributed by atoms with Crippen molar-refractivity contribution in [1.29, 1.82) is 0 Å². The zero-order valence-corrected chi connectivity index (χ0v) is 9.69. The lowest BCUT2D eigenvalue weighted by molar-refractivity contribution is -0.144. The van der Waals surface area contributed by atoms with E-state index in [9.17, 15) is 4.79 Å². The average Bonchev–Trinajstić information content (AvgIpc) is 3.04. The first-order chi connectivity index (χ1) is 7.65. The third-order valence-corrected chi connectivity index (χ3v) is 3.38. The van der Waals surface area contributed by atoms with Gasteiger partial charge in [0.1, 0.15) is 0 Å². The van der Waals surface area contributed by atoms with Crippen molar-refractivity contribution in [3.8, 4) is 0 Å². The molecule has 0 unspecified atom stereocenters. The number of aryl methyl sites for hydroxylation is 1. The summed E-state index contributed by atoms with van der Waals surface area (Å²) in [7, 11) is 1.44. The minimum Gasteiger partial charge on any atom is -0.468 e. The molecular weight excluding hydrogens is 200 g/mol. The molecule has 84 valence electrons. The third-order valence-electron chi connectivity index (χ3n) is 3.38. The number of hydrogen-bond acceptors (Lipinski definition) is 2. The number of esters is 1. The quantitative estimate of drug-likeness (QED) is 0.573. The Labute approximate surface area is 95.9 Å². The van der Waals surface area contributed by atoms with Crippen molar-refractivity contribution in [2.24, 2.45) is 5.92 Å². The number of benzene rings is 1. The predicted molar refractivity (Wildman–Crippen MR) is 63.2 cm³/mol. The van der Waals surface area contributed by atoms with Crippen LogP contribution in [0.5, 0.6) is 0 Å². The molecule has 0 heterocycles. The van der Waals surface area contributed by atoms with E-state index in [0.717, 1.165) is 17.5 Å². The number of carbonyl (C=O) groups is 1. The maximum Gasteiger partial charge on any atom is 0.316 e. The Morgan fingerprint density at radius 1 is 1.62 bits per heavy atom. The van der Waals surface area contributed by atoms with Gasteiger partial charge in [-0.25, -0.2) is 0 Å². The lowest BCUT2D eigenvalue weighted by Crippen LogP contribution is -2.24. The van der Waals surface area contributed by atoms with Gasteiger partial charge in [0, 0.05) is 0 Å². The number of methoxy groups -OCH3 is 1. The number of hydrogen-bond donors (Lipinski definition) is 0. The highest BCUT2D eigenvalue weighted by atomic mass is 16.5. The van der Waals surface area contributed by atoms with E-state index in [-0.39, 0.29) is 11.9 Å². The fraction of sp³-hybridized carbons (Fsp3) is 0.357. The molecule has 2 nitrogen and oxygen atoms in total. The zero-order chi connectivity index (χ0) is 11.8. The third kappa shape index (κ3) is 1.45. The highest BCUT2D eigenvalue weighted by molar-refractivity contribution is 5.88. The standard InChI is InChI=1S/C14H16O2/c1-4-11-9-14(11,13(15)16-3)12-7-5-6-10(2)8-12/h4-8,11H,1,9H2,2-3H3/t11-,14+/m0/s1. The van der Waals surface area contributed by atoms with Gasteiger partial charge >= 0.3 is 5.97 Å². The molecule has 1 aromatic carbocycles. The summed E-state index contributed by atoms with van der Waals surface area (Å²) >= 11 is 0. The van der Waals surface area contributed by atoms with Gasteiger partial charge in [0.15, 0.2) is 0 Å². The van der Waals surface area contributed by atoms with E-state index < -0.39 is 5.41 Å². The largest absolute Gasteiger partial charge is 0.468 e. The fourth-order valence-corrected chi connectivity index (χ4v) is 2.36. The molecular formula is C14H16O2. The Balaban J connectivity index is 2.42. The van der Waals surface area contributed by atoms with Crippen LogP contribution in [-0.4, -0.2) is 13.1 Å². The molecule has 16 heavy (non-hydrogen) atoms. The first-order valence-corrected chi connectivity index (χ1v) is 5.43. The van der Waals surface area contributed by atoms with Gasteiger partial charge in [-0.15, -0.1) is 6.58 Å². The summed E-state index contributed by atoms with van der Waals surface area (Å²) in [5, 5.41) is 0. The summed E-state index contributed by atoms with van der Waals surface area (Å²) in [6.07, 6.45) is 2.66. The molecule has 1 saturated carbocycles. The van der Waals surface area contributed by atoms with E-state index in [1.165, 1.54) is 7.11 Å². The number of allylic oxidation sites excluding steroid dienone is 1. The monoisotopic (exact) mass is 216 g/mol. The van der Waals surface area contributed by atoms with Crippen LogP contribution in [0.4, 0.5) is 0 Å². The van der Waals surface area contributed by atoms with E-state index in [1.54, 1.807) is 0 Å². The van der Waals surface area contributed by atoms with Crippen molar-refractivity contribution in [3.05, 3.63) is 48.0 Å². The first-order valence-electron chi connectivity index (χ1n) is 5.43. The van der Waals surface area contributed by atoms with Crippen LogP contribution in [0.1, 0.15) is 17.5 Å². The van der Waals surface area contributed by atoms with Crippen LogP contribution in [0.15, 0.2) is 36.9 Å². The van der Waals surface area contributed by atoms with Crippen molar-refractivity contribution in [2.45, 2.75) is 18.8 Å². The van der Waals surface area contributed by atoms with Gasteiger partial charge in [0.05, 0.1) is 12.5 Å². The molecule has 0 bridgehead atoms. The van der Waals surface area contributed by atoms with Gasteiger partial charge in [0.2, 0.25) is 0 Å². The van der Waals surface area contributed by atoms with Crippen LogP contribution < -0.4 is 0 Å². The van der Waals surface area contributed by atoms with Gasteiger partial charge in [-0.1, -0.05) is 35.9 Å². The van der Waals surface area contributed by atoms with E-state index >= 15 is 0 Å².